The quantitative estimate of drug-likeness (QED) is 0.735. The number of aliphatic hydroxyl groups is 1. The van der Waals surface area contributed by atoms with Crippen molar-refractivity contribution in [1.82, 2.24) is 0 Å². The molecule has 0 atom stereocenters. The molecular formula is C11H24O2Si. The summed E-state index contributed by atoms with van der Waals surface area (Å²) in [6.07, 6.45) is 2.54. The lowest BCUT2D eigenvalue weighted by atomic mass is 9.83. The van der Waals surface area contributed by atoms with Crippen molar-refractivity contribution in [2.45, 2.75) is 57.8 Å². The van der Waals surface area contributed by atoms with E-state index in [4.69, 9.17) is 9.53 Å². The van der Waals surface area contributed by atoms with Crippen LogP contribution in [-0.2, 0) is 4.43 Å². The topological polar surface area (TPSA) is 29.5 Å². The molecule has 0 radical (unpaired) electrons. The minimum Gasteiger partial charge on any atom is -0.414 e. The molecule has 1 N–H and O–H groups in total. The molecule has 0 spiro atoms. The van der Waals surface area contributed by atoms with Gasteiger partial charge in [-0.1, -0.05) is 20.8 Å². The number of hydrogen-bond donors (Lipinski definition) is 1. The Morgan fingerprint density at radius 3 is 2.14 bits per heavy atom. The van der Waals surface area contributed by atoms with Crippen molar-refractivity contribution in [3.63, 3.8) is 0 Å². The standard InChI is InChI=1S/C11H24O2Si/c1-11(2,3)14(4,5)13-10-6-9(7-10)8-12/h9-10,12H,6-8H2,1-5H3. The third-order valence-electron chi connectivity index (χ3n) is 3.72. The van der Waals surface area contributed by atoms with Crippen LogP contribution in [-0.4, -0.2) is 26.1 Å². The van der Waals surface area contributed by atoms with Gasteiger partial charge < -0.3 is 9.53 Å². The first-order chi connectivity index (χ1) is 6.26. The van der Waals surface area contributed by atoms with E-state index in [2.05, 4.69) is 33.9 Å². The van der Waals surface area contributed by atoms with E-state index in [9.17, 15) is 0 Å². The van der Waals surface area contributed by atoms with Crippen LogP contribution in [0.4, 0.5) is 0 Å². The van der Waals surface area contributed by atoms with E-state index in [0.29, 0.717) is 23.7 Å². The number of hydrogen-bond acceptors (Lipinski definition) is 2. The predicted octanol–water partition coefficient (Wildman–Crippen LogP) is 2.78. The highest BCUT2D eigenvalue weighted by Crippen LogP contribution is 2.41. The molecule has 84 valence electrons. The molecular weight excluding hydrogens is 192 g/mol. The summed E-state index contributed by atoms with van der Waals surface area (Å²) in [5, 5.41) is 9.22. The Balaban J connectivity index is 2.38. The summed E-state index contributed by atoms with van der Waals surface area (Å²) in [5.74, 6) is 0.504. The van der Waals surface area contributed by atoms with Crippen molar-refractivity contribution in [1.29, 1.82) is 0 Å². The van der Waals surface area contributed by atoms with Crippen LogP contribution in [0.5, 0.6) is 0 Å². The molecule has 0 aromatic carbocycles. The molecule has 14 heavy (non-hydrogen) atoms. The maximum atomic E-state index is 8.92. The minimum atomic E-state index is -1.56. The van der Waals surface area contributed by atoms with Crippen molar-refractivity contribution < 1.29 is 9.53 Å². The van der Waals surface area contributed by atoms with Crippen LogP contribution in [0.3, 0.4) is 0 Å². The van der Waals surface area contributed by atoms with E-state index in [1.54, 1.807) is 0 Å². The summed E-state index contributed by atoms with van der Waals surface area (Å²) in [7, 11) is -1.56. The predicted molar refractivity (Wildman–Crippen MR) is 61.9 cm³/mol. The van der Waals surface area contributed by atoms with Gasteiger partial charge in [-0.05, 0) is 36.9 Å². The van der Waals surface area contributed by atoms with Crippen molar-refractivity contribution in [3.05, 3.63) is 0 Å². The van der Waals surface area contributed by atoms with Gasteiger partial charge in [-0.2, -0.15) is 0 Å². The van der Waals surface area contributed by atoms with Crippen molar-refractivity contribution in [2.24, 2.45) is 5.92 Å². The van der Waals surface area contributed by atoms with Gasteiger partial charge in [0.05, 0.1) is 0 Å². The molecule has 1 aliphatic carbocycles. The summed E-state index contributed by atoms with van der Waals surface area (Å²) in [6.45, 7) is 11.7. The van der Waals surface area contributed by atoms with E-state index in [1.165, 1.54) is 0 Å². The zero-order valence-electron chi connectivity index (χ0n) is 10.1. The Morgan fingerprint density at radius 1 is 1.29 bits per heavy atom. The second-order valence-electron chi connectivity index (χ2n) is 6.02. The maximum Gasteiger partial charge on any atom is 0.192 e. The molecule has 0 aromatic heterocycles. The molecule has 1 saturated carbocycles. The van der Waals surface area contributed by atoms with E-state index in [1.807, 2.05) is 0 Å². The molecule has 3 heteroatoms. The summed E-state index contributed by atoms with van der Waals surface area (Å²) in [4.78, 5) is 0. The largest absolute Gasteiger partial charge is 0.414 e. The molecule has 1 rings (SSSR count). The summed E-state index contributed by atoms with van der Waals surface area (Å²) in [6, 6.07) is 0. The maximum absolute atomic E-state index is 8.92. The first kappa shape index (κ1) is 12.2. The fourth-order valence-corrected chi connectivity index (χ4v) is 2.89. The van der Waals surface area contributed by atoms with Crippen LogP contribution in [0.15, 0.2) is 0 Å². The molecule has 0 bridgehead atoms. The second-order valence-corrected chi connectivity index (χ2v) is 10.8. The third kappa shape index (κ3) is 2.58. The molecule has 0 saturated heterocycles. The van der Waals surface area contributed by atoms with Crippen LogP contribution >= 0.6 is 0 Å². The van der Waals surface area contributed by atoms with E-state index >= 15 is 0 Å². The molecule has 0 aliphatic heterocycles. The van der Waals surface area contributed by atoms with Gasteiger partial charge in [0.25, 0.3) is 0 Å². The van der Waals surface area contributed by atoms with Gasteiger partial charge >= 0.3 is 0 Å². The Kier molecular flexibility index (Phi) is 3.44. The van der Waals surface area contributed by atoms with Gasteiger partial charge in [-0.15, -0.1) is 0 Å². The average molecular weight is 216 g/mol. The monoisotopic (exact) mass is 216 g/mol. The fourth-order valence-electron chi connectivity index (χ4n) is 1.51. The zero-order valence-corrected chi connectivity index (χ0v) is 11.1. The molecule has 1 aliphatic rings. The van der Waals surface area contributed by atoms with Crippen LogP contribution in [0, 0.1) is 5.92 Å². The average Bonchev–Trinajstić information content (AvgIpc) is 1.93. The lowest BCUT2D eigenvalue weighted by Crippen LogP contribution is -2.48. The van der Waals surface area contributed by atoms with Gasteiger partial charge in [0, 0.05) is 12.7 Å². The summed E-state index contributed by atoms with van der Waals surface area (Å²) in [5.41, 5.74) is 0. The van der Waals surface area contributed by atoms with Gasteiger partial charge in [0.2, 0.25) is 0 Å². The van der Waals surface area contributed by atoms with E-state index in [0.717, 1.165) is 12.8 Å². The Hall–Kier alpha value is 0.137. The molecule has 0 heterocycles. The second kappa shape index (κ2) is 3.95. The third-order valence-corrected chi connectivity index (χ3v) is 8.25. The van der Waals surface area contributed by atoms with E-state index < -0.39 is 8.32 Å². The minimum absolute atomic E-state index is 0.303. The van der Waals surface area contributed by atoms with Crippen LogP contribution in [0.2, 0.25) is 18.1 Å². The van der Waals surface area contributed by atoms with Crippen molar-refractivity contribution >= 4 is 8.32 Å². The Bertz CT molecular complexity index is 190. The van der Waals surface area contributed by atoms with Gasteiger partial charge in [-0.3, -0.25) is 0 Å². The first-order valence-electron chi connectivity index (χ1n) is 5.55. The van der Waals surface area contributed by atoms with Gasteiger partial charge in [-0.25, -0.2) is 0 Å². The summed E-state index contributed by atoms with van der Waals surface area (Å²) >= 11 is 0. The SMILES string of the molecule is CC(C)(C)[Si](C)(C)OC1CC(CO)C1. The van der Waals surface area contributed by atoms with Crippen molar-refractivity contribution in [3.8, 4) is 0 Å². The Labute approximate surface area is 88.8 Å². The lowest BCUT2D eigenvalue weighted by Gasteiger charge is -2.44. The molecule has 1 fully saturated rings. The Morgan fingerprint density at radius 2 is 1.79 bits per heavy atom. The van der Waals surface area contributed by atoms with E-state index in [-0.39, 0.29) is 0 Å². The first-order valence-corrected chi connectivity index (χ1v) is 8.46. The van der Waals surface area contributed by atoms with Crippen LogP contribution < -0.4 is 0 Å². The smallest absolute Gasteiger partial charge is 0.192 e. The number of rotatable bonds is 3. The molecule has 0 amide bonds. The highest BCUT2D eigenvalue weighted by atomic mass is 28.4. The highest BCUT2D eigenvalue weighted by molar-refractivity contribution is 6.74. The molecule has 0 unspecified atom stereocenters. The highest BCUT2D eigenvalue weighted by Gasteiger charge is 2.42. The van der Waals surface area contributed by atoms with Gasteiger partial charge in [0.1, 0.15) is 0 Å². The summed E-state index contributed by atoms with van der Waals surface area (Å²) < 4.78 is 6.20. The van der Waals surface area contributed by atoms with Crippen molar-refractivity contribution in [2.75, 3.05) is 6.61 Å². The van der Waals surface area contributed by atoms with Gasteiger partial charge in [0.15, 0.2) is 8.32 Å². The molecule has 0 aromatic rings. The van der Waals surface area contributed by atoms with Crippen LogP contribution in [0.1, 0.15) is 33.6 Å². The lowest BCUT2D eigenvalue weighted by molar-refractivity contribution is 0.0232. The number of aliphatic hydroxyl groups excluding tert-OH is 1. The normalized spacial score (nSPS) is 28.7. The zero-order chi connectivity index (χ0) is 11.0. The molecule has 2 nitrogen and oxygen atoms in total. The fraction of sp³-hybridized carbons (Fsp3) is 1.00. The van der Waals surface area contributed by atoms with Crippen LogP contribution in [0.25, 0.3) is 0 Å².